The number of hydrogen-bond donors (Lipinski definition) is 1. The Morgan fingerprint density at radius 1 is 1.14 bits per heavy atom. The summed E-state index contributed by atoms with van der Waals surface area (Å²) in [5.74, 6) is -0.524. The zero-order valence-corrected chi connectivity index (χ0v) is 19.6. The van der Waals surface area contributed by atoms with E-state index in [1.54, 1.807) is 32.5 Å². The Morgan fingerprint density at radius 2 is 1.94 bits per heavy atom. The third-order valence-corrected chi connectivity index (χ3v) is 6.18. The quantitative estimate of drug-likeness (QED) is 0.393. The van der Waals surface area contributed by atoms with E-state index in [0.717, 1.165) is 36.0 Å². The molecular weight excluding hydrogens is 452 g/mol. The predicted molar refractivity (Wildman–Crippen MR) is 129 cm³/mol. The lowest BCUT2D eigenvalue weighted by Gasteiger charge is -2.18. The molecule has 2 heterocycles. The molecule has 0 aliphatic heterocycles. The number of rotatable bonds is 7. The lowest BCUT2D eigenvalue weighted by Crippen LogP contribution is -2.29. The van der Waals surface area contributed by atoms with Crippen molar-refractivity contribution in [2.75, 3.05) is 12.4 Å². The van der Waals surface area contributed by atoms with Crippen molar-refractivity contribution in [3.05, 3.63) is 93.9 Å². The molecule has 0 spiro atoms. The van der Waals surface area contributed by atoms with Gasteiger partial charge in [0.05, 0.1) is 36.6 Å². The number of benzene rings is 2. The number of imidazole rings is 1. The summed E-state index contributed by atoms with van der Waals surface area (Å²) in [6.45, 7) is 3.58. The Hall–Kier alpha value is -4.01. The molecule has 7 nitrogen and oxygen atoms in total. The number of anilines is 2. The molecule has 0 unspecified atom stereocenters. The van der Waals surface area contributed by atoms with Crippen LogP contribution in [0.15, 0.2) is 59.8 Å². The van der Waals surface area contributed by atoms with Crippen LogP contribution in [0.5, 0.6) is 5.75 Å². The Labute approximate surface area is 201 Å². The molecule has 0 saturated heterocycles. The van der Waals surface area contributed by atoms with Gasteiger partial charge in [0.1, 0.15) is 23.1 Å². The number of aromatic nitrogens is 4. The highest BCUT2D eigenvalue weighted by molar-refractivity contribution is 5.65. The van der Waals surface area contributed by atoms with Crippen LogP contribution >= 0.6 is 0 Å². The molecule has 5 rings (SSSR count). The van der Waals surface area contributed by atoms with Crippen LogP contribution in [0.3, 0.4) is 0 Å². The summed E-state index contributed by atoms with van der Waals surface area (Å²) >= 11 is 0. The molecule has 1 fully saturated rings. The SMILES string of the molecule is COc1cc(Nc2cc(C3CC3)nn([C@@H](C)c3ccc(F)cc3F)c2=O)ccc1-n1cnc(C)c1. The number of hydrogen-bond acceptors (Lipinski definition) is 5. The number of methoxy groups -OCH3 is 1. The molecule has 1 saturated carbocycles. The predicted octanol–water partition coefficient (Wildman–Crippen LogP) is 5.25. The number of aryl methyl sites for hydroxylation is 1. The second-order valence-corrected chi connectivity index (χ2v) is 8.78. The normalized spacial score (nSPS) is 14.1. The van der Waals surface area contributed by atoms with Crippen molar-refractivity contribution in [2.45, 2.75) is 38.6 Å². The Kier molecular flexibility index (Phi) is 5.84. The van der Waals surface area contributed by atoms with Gasteiger partial charge in [0, 0.05) is 35.5 Å². The minimum atomic E-state index is -0.719. The number of ether oxygens (including phenoxy) is 1. The van der Waals surface area contributed by atoms with E-state index in [0.29, 0.717) is 17.1 Å². The van der Waals surface area contributed by atoms with Crippen molar-refractivity contribution in [1.29, 1.82) is 0 Å². The van der Waals surface area contributed by atoms with Gasteiger partial charge >= 0.3 is 0 Å². The molecule has 1 atom stereocenters. The summed E-state index contributed by atoms with van der Waals surface area (Å²) in [5, 5.41) is 7.73. The van der Waals surface area contributed by atoms with Gasteiger partial charge in [0.25, 0.3) is 5.56 Å². The fourth-order valence-electron chi connectivity index (χ4n) is 4.11. The van der Waals surface area contributed by atoms with Crippen LogP contribution in [0.2, 0.25) is 0 Å². The standard InChI is InChI=1S/C26H25F2N5O2/c1-15-13-32(14-29-15)24-9-7-19(11-25(24)35-3)30-23-12-22(17-4-5-17)31-33(26(23)34)16(2)20-8-6-18(27)10-21(20)28/h6-14,16-17,30H,4-5H2,1-3H3/t16-/m0/s1. The lowest BCUT2D eigenvalue weighted by molar-refractivity contribution is 0.413. The van der Waals surface area contributed by atoms with E-state index in [4.69, 9.17) is 4.74 Å². The van der Waals surface area contributed by atoms with Crippen LogP contribution in [0.25, 0.3) is 5.69 Å². The maximum atomic E-state index is 14.5. The van der Waals surface area contributed by atoms with E-state index in [2.05, 4.69) is 15.4 Å². The Bertz CT molecular complexity index is 1460. The minimum absolute atomic E-state index is 0.196. The molecule has 2 aromatic carbocycles. The number of nitrogens with zero attached hydrogens (tertiary/aromatic N) is 4. The maximum Gasteiger partial charge on any atom is 0.291 e. The van der Waals surface area contributed by atoms with Crippen LogP contribution in [-0.4, -0.2) is 26.4 Å². The average Bonchev–Trinajstić information content (AvgIpc) is 3.60. The van der Waals surface area contributed by atoms with Crippen LogP contribution < -0.4 is 15.6 Å². The fourth-order valence-corrected chi connectivity index (χ4v) is 4.11. The molecule has 4 aromatic rings. The zero-order valence-electron chi connectivity index (χ0n) is 19.6. The molecule has 35 heavy (non-hydrogen) atoms. The molecule has 1 aliphatic carbocycles. The minimum Gasteiger partial charge on any atom is -0.494 e. The first-order valence-corrected chi connectivity index (χ1v) is 11.4. The molecule has 2 aromatic heterocycles. The monoisotopic (exact) mass is 477 g/mol. The molecule has 9 heteroatoms. The molecule has 0 radical (unpaired) electrons. The molecule has 180 valence electrons. The van der Waals surface area contributed by atoms with Crippen molar-refractivity contribution in [2.24, 2.45) is 0 Å². The van der Waals surface area contributed by atoms with Crippen LogP contribution in [0.1, 0.15) is 48.7 Å². The largest absolute Gasteiger partial charge is 0.494 e. The summed E-state index contributed by atoms with van der Waals surface area (Å²) < 4.78 is 36.6. The summed E-state index contributed by atoms with van der Waals surface area (Å²) in [4.78, 5) is 17.7. The van der Waals surface area contributed by atoms with Crippen LogP contribution in [0, 0.1) is 18.6 Å². The van der Waals surface area contributed by atoms with Gasteiger partial charge in [-0.25, -0.2) is 18.4 Å². The van der Waals surface area contributed by atoms with Gasteiger partial charge in [-0.3, -0.25) is 4.79 Å². The second kappa shape index (κ2) is 8.98. The van der Waals surface area contributed by atoms with E-state index in [-0.39, 0.29) is 11.5 Å². The summed E-state index contributed by atoms with van der Waals surface area (Å²) in [6, 6.07) is 9.90. The topological polar surface area (TPSA) is 74.0 Å². The van der Waals surface area contributed by atoms with Crippen molar-refractivity contribution in [3.8, 4) is 11.4 Å². The number of halogens is 2. The molecule has 0 amide bonds. The van der Waals surface area contributed by atoms with E-state index < -0.39 is 23.2 Å². The first-order valence-electron chi connectivity index (χ1n) is 11.4. The van der Waals surface area contributed by atoms with Gasteiger partial charge in [-0.15, -0.1) is 0 Å². The second-order valence-electron chi connectivity index (χ2n) is 8.78. The van der Waals surface area contributed by atoms with Crippen LogP contribution in [0.4, 0.5) is 20.2 Å². The van der Waals surface area contributed by atoms with Crippen molar-refractivity contribution < 1.29 is 13.5 Å². The third-order valence-electron chi connectivity index (χ3n) is 6.18. The van der Waals surface area contributed by atoms with E-state index in [1.165, 1.54) is 16.8 Å². The van der Waals surface area contributed by atoms with Gasteiger partial charge in [-0.2, -0.15) is 5.10 Å². The number of nitrogens with one attached hydrogen (secondary N) is 1. The third kappa shape index (κ3) is 4.53. The average molecular weight is 478 g/mol. The van der Waals surface area contributed by atoms with Gasteiger partial charge in [-0.1, -0.05) is 6.07 Å². The summed E-state index contributed by atoms with van der Waals surface area (Å²) in [6.07, 6.45) is 5.57. The van der Waals surface area contributed by atoms with Crippen molar-refractivity contribution in [3.63, 3.8) is 0 Å². The maximum absolute atomic E-state index is 14.5. The highest BCUT2D eigenvalue weighted by Gasteiger charge is 2.28. The highest BCUT2D eigenvalue weighted by Crippen LogP contribution is 2.39. The summed E-state index contributed by atoms with van der Waals surface area (Å²) in [5.41, 5.74) is 3.22. The first-order chi connectivity index (χ1) is 16.8. The van der Waals surface area contributed by atoms with Gasteiger partial charge < -0.3 is 14.6 Å². The molecular formula is C26H25F2N5O2. The van der Waals surface area contributed by atoms with Gasteiger partial charge in [0.2, 0.25) is 0 Å². The van der Waals surface area contributed by atoms with Gasteiger partial charge in [0.15, 0.2) is 0 Å². The Balaban J connectivity index is 1.53. The van der Waals surface area contributed by atoms with E-state index in [1.807, 2.05) is 29.8 Å². The Morgan fingerprint density at radius 3 is 2.60 bits per heavy atom. The fraction of sp³-hybridized carbons (Fsp3) is 0.269. The zero-order chi connectivity index (χ0) is 24.7. The van der Waals surface area contributed by atoms with E-state index >= 15 is 0 Å². The molecule has 1 N–H and O–H groups in total. The first kappa shape index (κ1) is 22.8. The highest BCUT2D eigenvalue weighted by atomic mass is 19.1. The van der Waals surface area contributed by atoms with Gasteiger partial charge in [-0.05, 0) is 51.0 Å². The molecule has 1 aliphatic rings. The van der Waals surface area contributed by atoms with Crippen molar-refractivity contribution in [1.82, 2.24) is 19.3 Å². The van der Waals surface area contributed by atoms with Crippen LogP contribution in [-0.2, 0) is 0 Å². The smallest absolute Gasteiger partial charge is 0.291 e. The lowest BCUT2D eigenvalue weighted by atomic mass is 10.1. The summed E-state index contributed by atoms with van der Waals surface area (Å²) in [7, 11) is 1.58. The van der Waals surface area contributed by atoms with Crippen molar-refractivity contribution >= 4 is 11.4 Å². The molecule has 0 bridgehead atoms. The van der Waals surface area contributed by atoms with E-state index in [9.17, 15) is 13.6 Å².